The van der Waals surface area contributed by atoms with E-state index in [2.05, 4.69) is 5.32 Å². The Hall–Kier alpha value is -1.46. The lowest BCUT2D eigenvalue weighted by Crippen LogP contribution is -2.34. The molecule has 0 spiro atoms. The van der Waals surface area contributed by atoms with Crippen molar-refractivity contribution in [1.82, 2.24) is 0 Å². The third-order valence-electron chi connectivity index (χ3n) is 2.51. The van der Waals surface area contributed by atoms with Gasteiger partial charge in [-0.05, 0) is 12.5 Å². The van der Waals surface area contributed by atoms with Gasteiger partial charge < -0.3 is 20.5 Å². The Morgan fingerprint density at radius 1 is 1.39 bits per heavy atom. The second kappa shape index (κ2) is 6.47. The molecule has 1 rings (SSSR count). The summed E-state index contributed by atoms with van der Waals surface area (Å²) >= 11 is 5.99. The van der Waals surface area contributed by atoms with Crippen molar-refractivity contribution < 1.29 is 14.3 Å². The van der Waals surface area contributed by atoms with Gasteiger partial charge in [-0.15, -0.1) is 0 Å². The van der Waals surface area contributed by atoms with Gasteiger partial charge in [0.2, 0.25) is 5.91 Å². The summed E-state index contributed by atoms with van der Waals surface area (Å²) in [4.78, 5) is 11.7. The molecule has 0 heterocycles. The highest BCUT2D eigenvalue weighted by atomic mass is 35.5. The number of carbonyl (C=O) groups is 1. The molecule has 0 fully saturated rings. The van der Waals surface area contributed by atoms with Gasteiger partial charge in [-0.3, -0.25) is 4.79 Å². The average Bonchev–Trinajstić information content (AvgIpc) is 2.38. The number of rotatable bonds is 5. The molecule has 5 nitrogen and oxygen atoms in total. The van der Waals surface area contributed by atoms with Crippen LogP contribution in [0.4, 0.5) is 5.69 Å². The molecule has 1 aromatic carbocycles. The minimum atomic E-state index is -0.560. The molecule has 1 amide bonds. The molecule has 3 N–H and O–H groups in total. The van der Waals surface area contributed by atoms with Gasteiger partial charge >= 0.3 is 0 Å². The van der Waals surface area contributed by atoms with Crippen LogP contribution in [0.2, 0.25) is 5.02 Å². The summed E-state index contributed by atoms with van der Waals surface area (Å²) in [7, 11) is 3.00. The van der Waals surface area contributed by atoms with Crippen LogP contribution in [0.3, 0.4) is 0 Å². The summed E-state index contributed by atoms with van der Waals surface area (Å²) in [5.41, 5.74) is 6.11. The predicted molar refractivity (Wildman–Crippen MR) is 71.5 cm³/mol. The summed E-state index contributed by atoms with van der Waals surface area (Å²) in [6, 6.07) is 2.62. The zero-order chi connectivity index (χ0) is 13.7. The van der Waals surface area contributed by atoms with Gasteiger partial charge in [0.25, 0.3) is 0 Å². The Morgan fingerprint density at radius 3 is 2.50 bits per heavy atom. The second-order valence-electron chi connectivity index (χ2n) is 3.69. The van der Waals surface area contributed by atoms with Crippen LogP contribution in [0.1, 0.15) is 13.3 Å². The quantitative estimate of drug-likeness (QED) is 0.860. The fraction of sp³-hybridized carbons (Fsp3) is 0.417. The van der Waals surface area contributed by atoms with E-state index in [4.69, 9.17) is 26.8 Å². The minimum Gasteiger partial charge on any atom is -0.495 e. The molecule has 0 aliphatic heterocycles. The van der Waals surface area contributed by atoms with Gasteiger partial charge in [-0.25, -0.2) is 0 Å². The number of anilines is 1. The average molecular weight is 273 g/mol. The van der Waals surface area contributed by atoms with E-state index in [-0.39, 0.29) is 5.91 Å². The number of amides is 1. The van der Waals surface area contributed by atoms with E-state index < -0.39 is 6.04 Å². The molecule has 0 aromatic heterocycles. The molecular formula is C12H17ClN2O3. The SMILES string of the molecule is CC[C@H](N)C(=O)Nc1cc(Cl)c(OC)cc1OC. The number of halogens is 1. The van der Waals surface area contributed by atoms with Crippen molar-refractivity contribution in [3.8, 4) is 11.5 Å². The first-order valence-electron chi connectivity index (χ1n) is 5.51. The normalized spacial score (nSPS) is 11.8. The molecule has 1 atom stereocenters. The topological polar surface area (TPSA) is 73.6 Å². The van der Waals surface area contributed by atoms with Crippen LogP contribution in [-0.2, 0) is 4.79 Å². The van der Waals surface area contributed by atoms with Gasteiger partial charge in [0.05, 0.1) is 31.0 Å². The van der Waals surface area contributed by atoms with Crippen LogP contribution >= 0.6 is 11.6 Å². The number of nitrogens with two attached hydrogens (primary N) is 1. The highest BCUT2D eigenvalue weighted by Crippen LogP contribution is 2.35. The zero-order valence-electron chi connectivity index (χ0n) is 10.6. The molecule has 0 aliphatic rings. The summed E-state index contributed by atoms with van der Waals surface area (Å²) in [5, 5.41) is 3.06. The van der Waals surface area contributed by atoms with Gasteiger partial charge in [0, 0.05) is 6.07 Å². The van der Waals surface area contributed by atoms with Crippen LogP contribution in [0.25, 0.3) is 0 Å². The lowest BCUT2D eigenvalue weighted by Gasteiger charge is -2.15. The van der Waals surface area contributed by atoms with Crippen molar-refractivity contribution >= 4 is 23.2 Å². The van der Waals surface area contributed by atoms with Crippen molar-refractivity contribution in [2.45, 2.75) is 19.4 Å². The molecule has 0 aliphatic carbocycles. The maximum absolute atomic E-state index is 11.7. The third kappa shape index (κ3) is 3.27. The maximum Gasteiger partial charge on any atom is 0.241 e. The van der Waals surface area contributed by atoms with Crippen LogP contribution in [0.5, 0.6) is 11.5 Å². The monoisotopic (exact) mass is 272 g/mol. The number of nitrogens with one attached hydrogen (secondary N) is 1. The largest absolute Gasteiger partial charge is 0.495 e. The zero-order valence-corrected chi connectivity index (χ0v) is 11.4. The third-order valence-corrected chi connectivity index (χ3v) is 2.80. The van der Waals surface area contributed by atoms with E-state index >= 15 is 0 Å². The number of hydrogen-bond acceptors (Lipinski definition) is 4. The summed E-state index contributed by atoms with van der Waals surface area (Å²) in [6.07, 6.45) is 0.554. The Kier molecular flexibility index (Phi) is 5.25. The molecular weight excluding hydrogens is 256 g/mol. The number of benzene rings is 1. The van der Waals surface area contributed by atoms with E-state index in [0.29, 0.717) is 28.6 Å². The molecule has 1 aromatic rings. The van der Waals surface area contributed by atoms with Crippen molar-refractivity contribution in [2.75, 3.05) is 19.5 Å². The van der Waals surface area contributed by atoms with Crippen LogP contribution in [0.15, 0.2) is 12.1 Å². The molecule has 0 saturated carbocycles. The van der Waals surface area contributed by atoms with Crippen molar-refractivity contribution in [3.63, 3.8) is 0 Å². The van der Waals surface area contributed by atoms with Crippen LogP contribution < -0.4 is 20.5 Å². The Balaban J connectivity index is 3.01. The fourth-order valence-corrected chi connectivity index (χ4v) is 1.61. The number of hydrogen-bond donors (Lipinski definition) is 2. The Labute approximate surface area is 111 Å². The van der Waals surface area contributed by atoms with Crippen LogP contribution in [-0.4, -0.2) is 26.2 Å². The summed E-state index contributed by atoms with van der Waals surface area (Å²) < 4.78 is 10.2. The smallest absolute Gasteiger partial charge is 0.241 e. The van der Waals surface area contributed by atoms with Crippen LogP contribution in [0, 0.1) is 0 Å². The highest BCUT2D eigenvalue weighted by Gasteiger charge is 2.15. The molecule has 100 valence electrons. The lowest BCUT2D eigenvalue weighted by molar-refractivity contribution is -0.117. The minimum absolute atomic E-state index is 0.281. The van der Waals surface area contributed by atoms with Gasteiger partial charge in [0.15, 0.2) is 0 Å². The molecule has 0 radical (unpaired) electrons. The van der Waals surface area contributed by atoms with E-state index in [0.717, 1.165) is 0 Å². The number of carbonyl (C=O) groups excluding carboxylic acids is 1. The van der Waals surface area contributed by atoms with E-state index in [1.807, 2.05) is 6.92 Å². The highest BCUT2D eigenvalue weighted by molar-refractivity contribution is 6.32. The molecule has 0 unspecified atom stereocenters. The first kappa shape index (κ1) is 14.6. The Morgan fingerprint density at radius 2 is 2.00 bits per heavy atom. The van der Waals surface area contributed by atoms with Gasteiger partial charge in [-0.2, -0.15) is 0 Å². The van der Waals surface area contributed by atoms with E-state index in [9.17, 15) is 4.79 Å². The standard InChI is InChI=1S/C12H17ClN2O3/c1-4-8(14)12(16)15-9-5-7(13)10(17-2)6-11(9)18-3/h5-6,8H,4,14H2,1-3H3,(H,15,16)/t8-/m0/s1. The van der Waals surface area contributed by atoms with Crippen molar-refractivity contribution in [3.05, 3.63) is 17.2 Å². The van der Waals surface area contributed by atoms with E-state index in [1.165, 1.54) is 14.2 Å². The maximum atomic E-state index is 11.7. The Bertz CT molecular complexity index is 438. The fourth-order valence-electron chi connectivity index (χ4n) is 1.37. The first-order valence-corrected chi connectivity index (χ1v) is 5.89. The molecule has 0 saturated heterocycles. The molecule has 18 heavy (non-hydrogen) atoms. The second-order valence-corrected chi connectivity index (χ2v) is 4.10. The van der Waals surface area contributed by atoms with Gasteiger partial charge in [0.1, 0.15) is 11.5 Å². The molecule has 0 bridgehead atoms. The van der Waals surface area contributed by atoms with Gasteiger partial charge in [-0.1, -0.05) is 18.5 Å². The number of ether oxygens (including phenoxy) is 2. The lowest BCUT2D eigenvalue weighted by atomic mass is 10.2. The summed E-state index contributed by atoms with van der Waals surface area (Å²) in [5.74, 6) is 0.663. The van der Waals surface area contributed by atoms with Crippen molar-refractivity contribution in [1.29, 1.82) is 0 Å². The number of methoxy groups -OCH3 is 2. The molecule has 6 heteroatoms. The van der Waals surface area contributed by atoms with E-state index in [1.54, 1.807) is 12.1 Å². The predicted octanol–water partition coefficient (Wildman–Crippen LogP) is 2.03. The first-order chi connectivity index (χ1) is 8.53. The summed E-state index contributed by atoms with van der Waals surface area (Å²) in [6.45, 7) is 1.84. The van der Waals surface area contributed by atoms with Crippen molar-refractivity contribution in [2.24, 2.45) is 5.73 Å².